The molecule has 0 atom stereocenters. The zero-order valence-corrected chi connectivity index (χ0v) is 32.5. The standard InChI is InChI=1S/C18H14Cl2N6O3.C17H12Cl2N6O2/c1-28-17-18(29-2)23-14-11(22-17)6-10(19)13(20)15(14)26-12(8-27)24-25-16(26)9-4-3-5-21-7-9;1-26-16-17(27-2)23-13-11(22-16)6-10(18)12(19)14(13)25-8-21-24-15(25)9-4-3-5-20-7-9/h3-7,27H,8H2,1-2H3;3-8H,1-2H3. The molecule has 21 heteroatoms. The van der Waals surface area contributed by atoms with Crippen LogP contribution in [0.15, 0.2) is 67.5 Å². The summed E-state index contributed by atoms with van der Waals surface area (Å²) in [4.78, 5) is 26.1. The molecule has 0 radical (unpaired) electrons. The van der Waals surface area contributed by atoms with Gasteiger partial charge in [-0.1, -0.05) is 46.4 Å². The highest BCUT2D eigenvalue weighted by Crippen LogP contribution is 2.40. The Morgan fingerprint density at radius 2 is 1.12 bits per heavy atom. The third-order valence-corrected chi connectivity index (χ3v) is 9.58. The molecule has 0 bridgehead atoms. The second kappa shape index (κ2) is 16.4. The molecule has 0 aliphatic heterocycles. The van der Waals surface area contributed by atoms with E-state index in [4.69, 9.17) is 65.4 Å². The number of halogens is 4. The zero-order valence-electron chi connectivity index (χ0n) is 29.5. The Balaban J connectivity index is 0.000000172. The van der Waals surface area contributed by atoms with Gasteiger partial charge in [0.15, 0.2) is 17.5 Å². The average molecular weight is 836 g/mol. The Bertz CT molecular complexity index is 2700. The van der Waals surface area contributed by atoms with E-state index in [1.165, 1.54) is 34.8 Å². The van der Waals surface area contributed by atoms with Gasteiger partial charge in [-0.25, -0.2) is 19.9 Å². The lowest BCUT2D eigenvalue weighted by Gasteiger charge is -2.16. The summed E-state index contributed by atoms with van der Waals surface area (Å²) in [6.07, 6.45) is 8.14. The van der Waals surface area contributed by atoms with E-state index in [0.717, 1.165) is 5.56 Å². The molecule has 6 aromatic heterocycles. The lowest BCUT2D eigenvalue weighted by molar-refractivity contribution is 0.269. The molecule has 0 spiro atoms. The maximum absolute atomic E-state index is 9.86. The van der Waals surface area contributed by atoms with E-state index in [2.05, 4.69) is 50.3 Å². The van der Waals surface area contributed by atoms with Gasteiger partial charge in [0.25, 0.3) is 23.5 Å². The van der Waals surface area contributed by atoms with E-state index < -0.39 is 6.61 Å². The SMILES string of the molecule is COc1nc2cc(Cl)c(Cl)c(-n3c(CO)nnc3-c3cccnc3)c2nc1OC.COc1nc2cc(Cl)c(Cl)c(-n3cnnc3-c3cccnc3)c2nc1OC. The number of rotatable bonds is 9. The minimum Gasteiger partial charge on any atom is -0.477 e. The van der Waals surface area contributed by atoms with Crippen LogP contribution in [0.25, 0.3) is 56.2 Å². The van der Waals surface area contributed by atoms with Crippen molar-refractivity contribution in [3.05, 3.63) is 93.4 Å². The number of hydrogen-bond donors (Lipinski definition) is 1. The molecule has 0 fully saturated rings. The molecule has 284 valence electrons. The van der Waals surface area contributed by atoms with Crippen LogP contribution in [-0.2, 0) is 6.61 Å². The summed E-state index contributed by atoms with van der Waals surface area (Å²) in [6.45, 7) is -0.391. The van der Waals surface area contributed by atoms with Crippen LogP contribution in [0.5, 0.6) is 23.5 Å². The number of nitrogens with zero attached hydrogens (tertiary/aromatic N) is 12. The molecule has 8 rings (SSSR count). The summed E-state index contributed by atoms with van der Waals surface area (Å²) >= 11 is 25.8. The molecule has 1 N–H and O–H groups in total. The number of fused-ring (bicyclic) bond motifs is 2. The smallest absolute Gasteiger partial charge is 0.278 e. The van der Waals surface area contributed by atoms with Crippen molar-refractivity contribution in [1.29, 1.82) is 0 Å². The molecule has 0 amide bonds. The largest absolute Gasteiger partial charge is 0.477 e. The second-order valence-corrected chi connectivity index (χ2v) is 12.8. The van der Waals surface area contributed by atoms with Gasteiger partial charge < -0.3 is 24.1 Å². The van der Waals surface area contributed by atoms with Crippen molar-refractivity contribution in [3.8, 4) is 57.7 Å². The first-order chi connectivity index (χ1) is 27.2. The van der Waals surface area contributed by atoms with Gasteiger partial charge in [0, 0.05) is 35.9 Å². The van der Waals surface area contributed by atoms with Crippen LogP contribution < -0.4 is 18.9 Å². The fourth-order valence-corrected chi connectivity index (χ4v) is 6.42. The molecule has 0 aliphatic rings. The lowest BCUT2D eigenvalue weighted by Crippen LogP contribution is -2.07. The number of methoxy groups -OCH3 is 4. The Morgan fingerprint density at radius 1 is 0.625 bits per heavy atom. The first-order valence-corrected chi connectivity index (χ1v) is 17.6. The van der Waals surface area contributed by atoms with E-state index in [9.17, 15) is 5.11 Å². The first kappa shape index (κ1) is 38.3. The van der Waals surface area contributed by atoms with Gasteiger partial charge in [-0.2, -0.15) is 0 Å². The predicted octanol–water partition coefficient (Wildman–Crippen LogP) is 6.69. The minimum absolute atomic E-state index is 0.168. The number of ether oxygens (including phenoxy) is 4. The molecule has 8 aromatic rings. The normalized spacial score (nSPS) is 11.0. The molecule has 56 heavy (non-hydrogen) atoms. The molecule has 6 heterocycles. The maximum Gasteiger partial charge on any atom is 0.278 e. The average Bonchev–Trinajstić information content (AvgIpc) is 3.90. The number of aliphatic hydroxyl groups is 1. The van der Waals surface area contributed by atoms with E-state index in [-0.39, 0.29) is 44.4 Å². The monoisotopic (exact) mass is 834 g/mol. The Kier molecular flexibility index (Phi) is 11.2. The number of aromatic nitrogens is 12. The van der Waals surface area contributed by atoms with Gasteiger partial charge in [0.1, 0.15) is 24.0 Å². The third kappa shape index (κ3) is 7.02. The van der Waals surface area contributed by atoms with Crippen LogP contribution in [0.3, 0.4) is 0 Å². The third-order valence-electron chi connectivity index (χ3n) is 8.03. The summed E-state index contributed by atoms with van der Waals surface area (Å²) in [7, 11) is 5.88. The molecule has 2 aromatic carbocycles. The fourth-order valence-electron chi connectivity index (χ4n) is 5.57. The van der Waals surface area contributed by atoms with Crippen LogP contribution in [-0.4, -0.2) is 93.0 Å². The molecule has 0 saturated heterocycles. The predicted molar refractivity (Wildman–Crippen MR) is 208 cm³/mol. The molecular weight excluding hydrogens is 810 g/mol. The number of hydrogen-bond acceptors (Lipinski definition) is 15. The van der Waals surface area contributed by atoms with Gasteiger partial charge in [-0.05, 0) is 36.4 Å². The van der Waals surface area contributed by atoms with E-state index in [1.807, 2.05) is 12.1 Å². The van der Waals surface area contributed by atoms with Crippen LogP contribution >= 0.6 is 46.4 Å². The van der Waals surface area contributed by atoms with Crippen molar-refractivity contribution < 1.29 is 24.1 Å². The summed E-state index contributed by atoms with van der Waals surface area (Å²) in [5.74, 6) is 2.01. The lowest BCUT2D eigenvalue weighted by atomic mass is 10.2. The zero-order chi connectivity index (χ0) is 39.5. The number of aliphatic hydroxyl groups excluding tert-OH is 1. The first-order valence-electron chi connectivity index (χ1n) is 16.0. The van der Waals surface area contributed by atoms with Gasteiger partial charge in [0.2, 0.25) is 0 Å². The van der Waals surface area contributed by atoms with E-state index in [1.54, 1.807) is 58.2 Å². The summed E-state index contributed by atoms with van der Waals surface area (Å²) in [6, 6.07) is 10.4. The topological polar surface area (TPSA) is 196 Å². The fraction of sp³-hybridized carbons (Fsp3) is 0.143. The Hall–Kier alpha value is -5.98. The van der Waals surface area contributed by atoms with Crippen molar-refractivity contribution in [2.75, 3.05) is 28.4 Å². The highest BCUT2D eigenvalue weighted by atomic mass is 35.5. The Morgan fingerprint density at radius 3 is 1.62 bits per heavy atom. The van der Waals surface area contributed by atoms with Crippen molar-refractivity contribution in [3.63, 3.8) is 0 Å². The second-order valence-electron chi connectivity index (χ2n) is 11.2. The molecule has 0 aliphatic carbocycles. The number of benzene rings is 2. The number of pyridine rings is 2. The highest BCUT2D eigenvalue weighted by molar-refractivity contribution is 6.45. The van der Waals surface area contributed by atoms with Crippen LogP contribution in [0.1, 0.15) is 5.82 Å². The van der Waals surface area contributed by atoms with Crippen molar-refractivity contribution in [2.24, 2.45) is 0 Å². The van der Waals surface area contributed by atoms with Gasteiger partial charge in [0.05, 0.1) is 70.9 Å². The summed E-state index contributed by atoms with van der Waals surface area (Å²) in [5.41, 5.74) is 4.00. The summed E-state index contributed by atoms with van der Waals surface area (Å²) in [5, 5.41) is 27.4. The summed E-state index contributed by atoms with van der Waals surface area (Å²) < 4.78 is 24.3. The van der Waals surface area contributed by atoms with Crippen molar-refractivity contribution in [1.82, 2.24) is 59.4 Å². The quantitative estimate of drug-likeness (QED) is 0.161. The van der Waals surface area contributed by atoms with E-state index >= 15 is 0 Å². The van der Waals surface area contributed by atoms with Crippen LogP contribution in [0.2, 0.25) is 20.1 Å². The molecule has 0 saturated carbocycles. The van der Waals surface area contributed by atoms with E-state index in [0.29, 0.717) is 55.7 Å². The van der Waals surface area contributed by atoms with Crippen LogP contribution in [0.4, 0.5) is 0 Å². The Labute approximate surface area is 336 Å². The van der Waals surface area contributed by atoms with Gasteiger partial charge in [-0.15, -0.1) is 20.4 Å². The molecule has 0 unspecified atom stereocenters. The minimum atomic E-state index is -0.391. The van der Waals surface area contributed by atoms with Crippen LogP contribution in [0, 0.1) is 0 Å². The maximum atomic E-state index is 9.86. The van der Waals surface area contributed by atoms with Gasteiger partial charge >= 0.3 is 0 Å². The van der Waals surface area contributed by atoms with Gasteiger partial charge in [-0.3, -0.25) is 19.1 Å². The highest BCUT2D eigenvalue weighted by Gasteiger charge is 2.25. The van der Waals surface area contributed by atoms with Crippen molar-refractivity contribution >= 4 is 68.5 Å². The van der Waals surface area contributed by atoms with Crippen molar-refractivity contribution in [2.45, 2.75) is 6.61 Å². The molecule has 17 nitrogen and oxygen atoms in total. The molecular formula is C35H26Cl4N12O5.